The molecule has 0 saturated heterocycles. The van der Waals surface area contributed by atoms with E-state index >= 15 is 0 Å². The van der Waals surface area contributed by atoms with Crippen LogP contribution in [0.25, 0.3) is 22.4 Å². The Labute approximate surface area is 109 Å². The SMILES string of the molecule is CCC(O)c1noc(-c2ccc3ncccc3c2)n1. The second-order valence-corrected chi connectivity index (χ2v) is 4.29. The smallest absolute Gasteiger partial charge is 0.258 e. The van der Waals surface area contributed by atoms with Gasteiger partial charge in [-0.25, -0.2) is 0 Å². The Hall–Kier alpha value is -2.27. The van der Waals surface area contributed by atoms with Gasteiger partial charge in [0, 0.05) is 17.1 Å². The summed E-state index contributed by atoms with van der Waals surface area (Å²) in [5.74, 6) is 0.733. The van der Waals surface area contributed by atoms with Crippen molar-refractivity contribution in [3.63, 3.8) is 0 Å². The van der Waals surface area contributed by atoms with Crippen molar-refractivity contribution < 1.29 is 9.63 Å². The van der Waals surface area contributed by atoms with Crippen LogP contribution in [-0.4, -0.2) is 20.2 Å². The number of hydrogen-bond acceptors (Lipinski definition) is 5. The predicted octanol–water partition coefficient (Wildman–Crippen LogP) is 2.73. The number of fused-ring (bicyclic) bond motifs is 1. The molecule has 3 aromatic rings. The quantitative estimate of drug-likeness (QED) is 0.779. The molecular weight excluding hydrogens is 242 g/mol. The van der Waals surface area contributed by atoms with Crippen molar-refractivity contribution in [2.75, 3.05) is 0 Å². The molecule has 2 heterocycles. The first kappa shape index (κ1) is 11.8. The van der Waals surface area contributed by atoms with Crippen LogP contribution in [0, 0.1) is 0 Å². The summed E-state index contributed by atoms with van der Waals surface area (Å²) in [5.41, 5.74) is 1.74. The standard InChI is InChI=1S/C14H13N3O2/c1-2-12(18)13-16-14(19-17-13)10-5-6-11-9(8-10)4-3-7-15-11/h3-8,12,18H,2H2,1H3. The Bertz CT molecular complexity index is 708. The molecule has 0 aliphatic heterocycles. The Morgan fingerprint density at radius 2 is 2.21 bits per heavy atom. The van der Waals surface area contributed by atoms with Gasteiger partial charge in [0.15, 0.2) is 0 Å². The fourth-order valence-corrected chi connectivity index (χ4v) is 1.88. The summed E-state index contributed by atoms with van der Waals surface area (Å²) in [6.45, 7) is 1.86. The normalized spacial score (nSPS) is 12.7. The van der Waals surface area contributed by atoms with Crippen LogP contribution < -0.4 is 0 Å². The van der Waals surface area contributed by atoms with E-state index in [1.807, 2.05) is 37.3 Å². The van der Waals surface area contributed by atoms with Crippen LogP contribution in [-0.2, 0) is 0 Å². The lowest BCUT2D eigenvalue weighted by Crippen LogP contribution is -1.97. The van der Waals surface area contributed by atoms with E-state index in [1.54, 1.807) is 6.20 Å². The van der Waals surface area contributed by atoms with Crippen molar-refractivity contribution in [1.82, 2.24) is 15.1 Å². The molecule has 96 valence electrons. The van der Waals surface area contributed by atoms with E-state index in [9.17, 15) is 5.11 Å². The number of pyridine rings is 1. The second kappa shape index (κ2) is 4.78. The lowest BCUT2D eigenvalue weighted by Gasteiger charge is -1.99. The zero-order chi connectivity index (χ0) is 13.2. The van der Waals surface area contributed by atoms with Gasteiger partial charge in [0.2, 0.25) is 5.82 Å². The van der Waals surface area contributed by atoms with Gasteiger partial charge in [-0.15, -0.1) is 0 Å². The molecule has 0 spiro atoms. The Morgan fingerprint density at radius 3 is 3.05 bits per heavy atom. The van der Waals surface area contributed by atoms with E-state index in [0.29, 0.717) is 18.1 Å². The van der Waals surface area contributed by atoms with Crippen LogP contribution in [0.4, 0.5) is 0 Å². The van der Waals surface area contributed by atoms with Crippen molar-refractivity contribution in [2.24, 2.45) is 0 Å². The first-order chi connectivity index (χ1) is 9.28. The molecule has 2 aromatic heterocycles. The number of hydrogen-bond donors (Lipinski definition) is 1. The molecule has 1 unspecified atom stereocenters. The maximum atomic E-state index is 9.67. The summed E-state index contributed by atoms with van der Waals surface area (Å²) in [6.07, 6.45) is 1.63. The molecule has 1 N–H and O–H groups in total. The first-order valence-electron chi connectivity index (χ1n) is 6.14. The maximum absolute atomic E-state index is 9.67. The molecule has 19 heavy (non-hydrogen) atoms. The zero-order valence-corrected chi connectivity index (χ0v) is 10.4. The molecule has 0 bridgehead atoms. The van der Waals surface area contributed by atoms with Crippen molar-refractivity contribution >= 4 is 10.9 Å². The van der Waals surface area contributed by atoms with Crippen LogP contribution in [0.1, 0.15) is 25.3 Å². The Morgan fingerprint density at radius 1 is 1.32 bits per heavy atom. The summed E-state index contributed by atoms with van der Waals surface area (Å²) in [7, 11) is 0. The van der Waals surface area contributed by atoms with Gasteiger partial charge in [-0.2, -0.15) is 4.98 Å². The number of rotatable bonds is 3. The summed E-state index contributed by atoms with van der Waals surface area (Å²) in [4.78, 5) is 8.47. The molecular formula is C14H13N3O2. The minimum atomic E-state index is -0.681. The van der Waals surface area contributed by atoms with Crippen molar-refractivity contribution in [1.29, 1.82) is 0 Å². The van der Waals surface area contributed by atoms with Crippen LogP contribution in [0.2, 0.25) is 0 Å². The highest BCUT2D eigenvalue weighted by atomic mass is 16.5. The van der Waals surface area contributed by atoms with Crippen LogP contribution in [0.5, 0.6) is 0 Å². The maximum Gasteiger partial charge on any atom is 0.258 e. The highest BCUT2D eigenvalue weighted by Gasteiger charge is 2.14. The lowest BCUT2D eigenvalue weighted by molar-refractivity contribution is 0.159. The molecule has 0 aliphatic rings. The third-order valence-electron chi connectivity index (χ3n) is 2.98. The van der Waals surface area contributed by atoms with E-state index in [1.165, 1.54) is 0 Å². The number of aromatic nitrogens is 3. The second-order valence-electron chi connectivity index (χ2n) is 4.29. The summed E-state index contributed by atoms with van der Waals surface area (Å²) < 4.78 is 5.18. The molecule has 1 aromatic carbocycles. The van der Waals surface area contributed by atoms with E-state index in [2.05, 4.69) is 15.1 Å². The molecule has 0 fully saturated rings. The monoisotopic (exact) mass is 255 g/mol. The Balaban J connectivity index is 2.01. The fraction of sp³-hybridized carbons (Fsp3) is 0.214. The van der Waals surface area contributed by atoms with Crippen LogP contribution >= 0.6 is 0 Å². The summed E-state index contributed by atoms with van der Waals surface area (Å²) in [5, 5.41) is 14.5. The highest BCUT2D eigenvalue weighted by Crippen LogP contribution is 2.23. The molecule has 1 atom stereocenters. The van der Waals surface area contributed by atoms with Gasteiger partial charge in [-0.05, 0) is 30.7 Å². The van der Waals surface area contributed by atoms with E-state index in [0.717, 1.165) is 16.5 Å². The lowest BCUT2D eigenvalue weighted by atomic mass is 10.1. The molecule has 5 nitrogen and oxygen atoms in total. The van der Waals surface area contributed by atoms with E-state index < -0.39 is 6.10 Å². The fourth-order valence-electron chi connectivity index (χ4n) is 1.88. The first-order valence-corrected chi connectivity index (χ1v) is 6.14. The Kier molecular flexibility index (Phi) is 2.97. The zero-order valence-electron chi connectivity index (χ0n) is 10.4. The van der Waals surface area contributed by atoms with Gasteiger partial charge in [0.25, 0.3) is 5.89 Å². The van der Waals surface area contributed by atoms with Crippen molar-refractivity contribution in [2.45, 2.75) is 19.4 Å². The third-order valence-corrected chi connectivity index (χ3v) is 2.98. The number of aliphatic hydroxyl groups excluding tert-OH is 1. The van der Waals surface area contributed by atoms with E-state index in [-0.39, 0.29) is 0 Å². The molecule has 3 rings (SSSR count). The van der Waals surface area contributed by atoms with Crippen molar-refractivity contribution in [3.05, 3.63) is 42.4 Å². The average Bonchev–Trinajstić information content (AvgIpc) is 2.95. The topological polar surface area (TPSA) is 72.0 Å². The molecule has 0 amide bonds. The molecule has 0 saturated carbocycles. The third kappa shape index (κ3) is 2.20. The van der Waals surface area contributed by atoms with Crippen molar-refractivity contribution in [3.8, 4) is 11.5 Å². The number of aliphatic hydroxyl groups is 1. The number of benzene rings is 1. The van der Waals surface area contributed by atoms with Gasteiger partial charge < -0.3 is 9.63 Å². The van der Waals surface area contributed by atoms with Crippen LogP contribution in [0.15, 0.2) is 41.1 Å². The van der Waals surface area contributed by atoms with Gasteiger partial charge in [0.05, 0.1) is 5.52 Å². The molecule has 5 heteroatoms. The molecule has 0 radical (unpaired) electrons. The van der Waals surface area contributed by atoms with Gasteiger partial charge in [-0.1, -0.05) is 18.1 Å². The minimum absolute atomic E-state index is 0.323. The predicted molar refractivity (Wildman–Crippen MR) is 70.3 cm³/mol. The van der Waals surface area contributed by atoms with Gasteiger partial charge in [-0.3, -0.25) is 4.98 Å². The van der Waals surface area contributed by atoms with Gasteiger partial charge in [0.1, 0.15) is 6.10 Å². The van der Waals surface area contributed by atoms with Gasteiger partial charge >= 0.3 is 0 Å². The molecule has 0 aliphatic carbocycles. The number of nitrogens with zero attached hydrogens (tertiary/aromatic N) is 3. The summed E-state index contributed by atoms with van der Waals surface area (Å²) in [6, 6.07) is 9.59. The van der Waals surface area contributed by atoms with Crippen LogP contribution in [0.3, 0.4) is 0 Å². The average molecular weight is 255 g/mol. The summed E-state index contributed by atoms with van der Waals surface area (Å²) >= 11 is 0. The van der Waals surface area contributed by atoms with E-state index in [4.69, 9.17) is 4.52 Å². The largest absolute Gasteiger partial charge is 0.385 e. The highest BCUT2D eigenvalue weighted by molar-refractivity contribution is 5.82. The minimum Gasteiger partial charge on any atom is -0.385 e.